The fourth-order valence-electron chi connectivity index (χ4n) is 2.55. The van der Waals surface area contributed by atoms with Crippen molar-refractivity contribution in [3.63, 3.8) is 0 Å². The SMILES string of the molecule is CCOC(=O)c1cnc(N(C2CC2)S(=O)(=O)c2ccc(OC)c(C)c2)s1. The van der Waals surface area contributed by atoms with Gasteiger partial charge in [0.1, 0.15) is 10.6 Å². The number of hydrogen-bond acceptors (Lipinski definition) is 7. The van der Waals surface area contributed by atoms with Gasteiger partial charge in [0, 0.05) is 6.04 Å². The Morgan fingerprint density at radius 2 is 2.12 bits per heavy atom. The smallest absolute Gasteiger partial charge is 0.350 e. The Balaban J connectivity index is 1.97. The largest absolute Gasteiger partial charge is 0.496 e. The minimum absolute atomic E-state index is 0.136. The summed E-state index contributed by atoms with van der Waals surface area (Å²) in [6, 6.07) is 4.61. The lowest BCUT2D eigenvalue weighted by Gasteiger charge is -2.21. The molecule has 0 amide bonds. The van der Waals surface area contributed by atoms with E-state index in [2.05, 4.69) is 4.98 Å². The number of thiazole rings is 1. The maximum absolute atomic E-state index is 13.2. The lowest BCUT2D eigenvalue weighted by Crippen LogP contribution is -2.33. The Morgan fingerprint density at radius 1 is 1.38 bits per heavy atom. The van der Waals surface area contributed by atoms with E-state index in [4.69, 9.17) is 9.47 Å². The first-order valence-corrected chi connectivity index (χ1v) is 10.5. The number of carbonyl (C=O) groups is 1. The van der Waals surface area contributed by atoms with Crippen molar-refractivity contribution in [3.05, 3.63) is 34.8 Å². The maximum atomic E-state index is 13.2. The van der Waals surface area contributed by atoms with Crippen molar-refractivity contribution in [2.24, 2.45) is 0 Å². The normalized spacial score (nSPS) is 14.1. The number of aryl methyl sites for hydroxylation is 1. The van der Waals surface area contributed by atoms with Crippen LogP contribution in [0, 0.1) is 6.92 Å². The Bertz CT molecular complexity index is 919. The zero-order valence-corrected chi connectivity index (χ0v) is 16.4. The summed E-state index contributed by atoms with van der Waals surface area (Å²) >= 11 is 1.03. The van der Waals surface area contributed by atoms with E-state index in [-0.39, 0.29) is 27.6 Å². The molecule has 9 heteroatoms. The zero-order valence-electron chi connectivity index (χ0n) is 14.8. The Morgan fingerprint density at radius 3 is 2.69 bits per heavy atom. The molecule has 1 fully saturated rings. The molecule has 0 radical (unpaired) electrons. The third-order valence-electron chi connectivity index (χ3n) is 3.96. The van der Waals surface area contributed by atoms with Crippen LogP contribution in [0.3, 0.4) is 0 Å². The molecule has 1 saturated carbocycles. The van der Waals surface area contributed by atoms with E-state index in [9.17, 15) is 13.2 Å². The molecule has 0 bridgehead atoms. The van der Waals surface area contributed by atoms with Crippen LogP contribution < -0.4 is 9.04 Å². The molecule has 1 heterocycles. The predicted octanol–water partition coefficient (Wildman–Crippen LogP) is 2.99. The lowest BCUT2D eigenvalue weighted by molar-refractivity contribution is 0.0532. The Labute approximate surface area is 156 Å². The number of ether oxygens (including phenoxy) is 2. The van der Waals surface area contributed by atoms with Gasteiger partial charge >= 0.3 is 5.97 Å². The van der Waals surface area contributed by atoms with E-state index in [1.807, 2.05) is 0 Å². The summed E-state index contributed by atoms with van der Waals surface area (Å²) in [6.45, 7) is 3.76. The molecule has 0 N–H and O–H groups in total. The van der Waals surface area contributed by atoms with E-state index in [1.54, 1.807) is 33.1 Å². The number of benzene rings is 1. The first-order chi connectivity index (χ1) is 12.4. The van der Waals surface area contributed by atoms with Crippen LogP contribution in [0.25, 0.3) is 0 Å². The van der Waals surface area contributed by atoms with E-state index < -0.39 is 16.0 Å². The highest BCUT2D eigenvalue weighted by atomic mass is 32.2. The second-order valence-electron chi connectivity index (χ2n) is 5.89. The number of sulfonamides is 1. The molecular formula is C17H20N2O5S2. The fourth-order valence-corrected chi connectivity index (χ4v) is 5.40. The van der Waals surface area contributed by atoms with E-state index >= 15 is 0 Å². The van der Waals surface area contributed by atoms with Gasteiger partial charge in [-0.1, -0.05) is 11.3 Å². The van der Waals surface area contributed by atoms with Crippen LogP contribution in [0.1, 0.15) is 35.0 Å². The molecule has 1 aromatic heterocycles. The number of rotatable bonds is 7. The highest BCUT2D eigenvalue weighted by Crippen LogP contribution is 2.39. The molecule has 0 spiro atoms. The van der Waals surface area contributed by atoms with Gasteiger partial charge in [-0.25, -0.2) is 22.5 Å². The number of anilines is 1. The Kier molecular flexibility index (Phi) is 5.19. The molecule has 3 rings (SSSR count). The molecular weight excluding hydrogens is 376 g/mol. The van der Waals surface area contributed by atoms with E-state index in [0.717, 1.165) is 29.7 Å². The van der Waals surface area contributed by atoms with Crippen molar-refractivity contribution in [1.29, 1.82) is 0 Å². The number of aromatic nitrogens is 1. The molecule has 0 unspecified atom stereocenters. The molecule has 2 aromatic rings. The van der Waals surface area contributed by atoms with Gasteiger partial charge in [-0.05, 0) is 50.5 Å². The minimum Gasteiger partial charge on any atom is -0.496 e. The number of hydrogen-bond donors (Lipinski definition) is 0. The first kappa shape index (κ1) is 18.7. The van der Waals surface area contributed by atoms with Crippen molar-refractivity contribution in [1.82, 2.24) is 4.98 Å². The molecule has 1 aliphatic rings. The van der Waals surface area contributed by atoms with Gasteiger partial charge in [-0.15, -0.1) is 0 Å². The number of esters is 1. The van der Waals surface area contributed by atoms with Gasteiger partial charge in [-0.3, -0.25) is 0 Å². The summed E-state index contributed by atoms with van der Waals surface area (Å²) in [5, 5.41) is 0.282. The Hall–Kier alpha value is -2.13. The summed E-state index contributed by atoms with van der Waals surface area (Å²) in [6.07, 6.45) is 2.90. The summed E-state index contributed by atoms with van der Waals surface area (Å²) in [4.78, 5) is 16.5. The highest BCUT2D eigenvalue weighted by molar-refractivity contribution is 7.93. The van der Waals surface area contributed by atoms with Crippen LogP contribution in [-0.2, 0) is 14.8 Å². The topological polar surface area (TPSA) is 85.8 Å². The molecule has 7 nitrogen and oxygen atoms in total. The molecule has 0 saturated heterocycles. The molecule has 0 aliphatic heterocycles. The van der Waals surface area contributed by atoms with Crippen LogP contribution in [0.4, 0.5) is 5.13 Å². The van der Waals surface area contributed by atoms with E-state index in [0.29, 0.717) is 5.75 Å². The van der Waals surface area contributed by atoms with Gasteiger partial charge in [0.2, 0.25) is 0 Å². The average molecular weight is 396 g/mol. The van der Waals surface area contributed by atoms with Crippen LogP contribution in [0.2, 0.25) is 0 Å². The summed E-state index contributed by atoms with van der Waals surface area (Å²) in [5.74, 6) is 0.130. The quantitative estimate of drug-likeness (QED) is 0.669. The van der Waals surface area contributed by atoms with Gasteiger partial charge in [0.25, 0.3) is 10.0 Å². The number of methoxy groups -OCH3 is 1. The summed E-state index contributed by atoms with van der Waals surface area (Å²) < 4.78 is 37.9. The van der Waals surface area contributed by atoms with Crippen LogP contribution in [0.15, 0.2) is 29.3 Å². The second-order valence-corrected chi connectivity index (χ2v) is 8.72. The number of carbonyl (C=O) groups excluding carboxylic acids is 1. The van der Waals surface area contributed by atoms with Gasteiger partial charge in [-0.2, -0.15) is 0 Å². The molecule has 0 atom stereocenters. The fraction of sp³-hybridized carbons (Fsp3) is 0.412. The average Bonchev–Trinajstić information content (AvgIpc) is 3.30. The van der Waals surface area contributed by atoms with Crippen molar-refractivity contribution in [3.8, 4) is 5.75 Å². The first-order valence-electron chi connectivity index (χ1n) is 8.20. The van der Waals surface area contributed by atoms with E-state index in [1.165, 1.54) is 16.6 Å². The summed E-state index contributed by atoms with van der Waals surface area (Å²) in [7, 11) is -2.25. The molecule has 1 aliphatic carbocycles. The van der Waals surface area contributed by atoms with Gasteiger partial charge in [0.15, 0.2) is 5.13 Å². The third-order valence-corrected chi connectivity index (χ3v) is 6.89. The highest BCUT2D eigenvalue weighted by Gasteiger charge is 2.40. The monoisotopic (exact) mass is 396 g/mol. The second kappa shape index (κ2) is 7.24. The van der Waals surface area contributed by atoms with Crippen LogP contribution in [0.5, 0.6) is 5.75 Å². The predicted molar refractivity (Wildman–Crippen MR) is 98.5 cm³/mol. The third kappa shape index (κ3) is 3.54. The molecule has 26 heavy (non-hydrogen) atoms. The van der Waals surface area contributed by atoms with Crippen molar-refractivity contribution < 1.29 is 22.7 Å². The lowest BCUT2D eigenvalue weighted by atomic mass is 10.2. The minimum atomic E-state index is -3.79. The molecule has 140 valence electrons. The van der Waals surface area contributed by atoms with Crippen molar-refractivity contribution in [2.75, 3.05) is 18.0 Å². The maximum Gasteiger partial charge on any atom is 0.350 e. The number of nitrogens with zero attached hydrogens (tertiary/aromatic N) is 2. The van der Waals surface area contributed by atoms with Crippen LogP contribution >= 0.6 is 11.3 Å². The van der Waals surface area contributed by atoms with Gasteiger partial charge in [0.05, 0.1) is 24.8 Å². The van der Waals surface area contributed by atoms with Crippen LogP contribution in [-0.4, -0.2) is 39.1 Å². The zero-order chi connectivity index (χ0) is 18.9. The standard InChI is InChI=1S/C17H20N2O5S2/c1-4-24-16(20)15-10-18-17(25-15)19(12-5-6-12)26(21,22)13-7-8-14(23-3)11(2)9-13/h7-10,12H,4-6H2,1-3H3. The summed E-state index contributed by atoms with van der Waals surface area (Å²) in [5.41, 5.74) is 0.732. The molecule has 1 aromatic carbocycles. The van der Waals surface area contributed by atoms with Gasteiger partial charge < -0.3 is 9.47 Å². The van der Waals surface area contributed by atoms with Crippen molar-refractivity contribution >= 4 is 32.5 Å². The van der Waals surface area contributed by atoms with Crippen molar-refractivity contribution in [2.45, 2.75) is 37.6 Å².